The summed E-state index contributed by atoms with van der Waals surface area (Å²) in [5.41, 5.74) is 1.11. The first-order chi connectivity index (χ1) is 9.69. The molecule has 0 spiro atoms. The van der Waals surface area contributed by atoms with E-state index in [2.05, 4.69) is 27.5 Å². The Kier molecular flexibility index (Phi) is 8.50. The molecule has 0 radical (unpaired) electrons. The van der Waals surface area contributed by atoms with Crippen molar-refractivity contribution in [3.05, 3.63) is 15.6 Å². The largest absolute Gasteiger partial charge is 0.379 e. The van der Waals surface area contributed by atoms with Crippen LogP contribution in [0.2, 0.25) is 0 Å². The van der Waals surface area contributed by atoms with Crippen LogP contribution in [0, 0.1) is 19.8 Å². The second-order valence-electron chi connectivity index (χ2n) is 5.12. The van der Waals surface area contributed by atoms with Gasteiger partial charge in [0.05, 0.1) is 18.8 Å². The molecule has 0 atom stereocenters. The van der Waals surface area contributed by atoms with E-state index in [-0.39, 0.29) is 24.0 Å². The summed E-state index contributed by atoms with van der Waals surface area (Å²) in [6, 6.07) is 0. The van der Waals surface area contributed by atoms with Gasteiger partial charge < -0.3 is 15.4 Å². The molecule has 1 aliphatic rings. The average Bonchev–Trinajstić information content (AvgIpc) is 3.20. The van der Waals surface area contributed by atoms with E-state index in [0.717, 1.165) is 42.3 Å². The van der Waals surface area contributed by atoms with Crippen molar-refractivity contribution >= 4 is 41.3 Å². The first-order valence-electron chi connectivity index (χ1n) is 7.14. The molecular weight excluding hydrogens is 399 g/mol. The minimum Gasteiger partial charge on any atom is -0.379 e. The molecule has 1 heterocycles. The maximum Gasteiger partial charge on any atom is 0.191 e. The molecule has 0 unspecified atom stereocenters. The van der Waals surface area contributed by atoms with Crippen LogP contribution in [-0.4, -0.2) is 37.7 Å². The zero-order chi connectivity index (χ0) is 14.4. The van der Waals surface area contributed by atoms with Crippen LogP contribution in [0.25, 0.3) is 0 Å². The molecule has 1 aromatic rings. The minimum atomic E-state index is 0. The van der Waals surface area contributed by atoms with Crippen LogP contribution >= 0.6 is 35.3 Å². The summed E-state index contributed by atoms with van der Waals surface area (Å²) in [4.78, 5) is 9.97. The molecule has 120 valence electrons. The molecule has 0 amide bonds. The van der Waals surface area contributed by atoms with Crippen molar-refractivity contribution in [2.45, 2.75) is 33.2 Å². The molecule has 1 aliphatic carbocycles. The SMILES string of the molecule is CN=C(NCCOCC1CC1)NCc1nc(C)c(C)s1.I. The number of aryl methyl sites for hydroxylation is 2. The van der Waals surface area contributed by atoms with Crippen LogP contribution in [0.1, 0.15) is 28.4 Å². The Morgan fingerprint density at radius 2 is 2.14 bits per heavy atom. The highest BCUT2D eigenvalue weighted by molar-refractivity contribution is 14.0. The fourth-order valence-electron chi connectivity index (χ4n) is 1.77. The van der Waals surface area contributed by atoms with E-state index >= 15 is 0 Å². The number of halogens is 1. The van der Waals surface area contributed by atoms with Gasteiger partial charge in [0.2, 0.25) is 0 Å². The van der Waals surface area contributed by atoms with Gasteiger partial charge >= 0.3 is 0 Å². The van der Waals surface area contributed by atoms with Crippen molar-refractivity contribution in [2.75, 3.05) is 26.8 Å². The summed E-state index contributed by atoms with van der Waals surface area (Å²) < 4.78 is 5.58. The predicted molar refractivity (Wildman–Crippen MR) is 98.7 cm³/mol. The summed E-state index contributed by atoms with van der Waals surface area (Å²) in [5.74, 6) is 1.62. The Hall–Kier alpha value is -0.410. The molecule has 0 aromatic carbocycles. The lowest BCUT2D eigenvalue weighted by Gasteiger charge is -2.11. The molecule has 2 N–H and O–H groups in total. The Morgan fingerprint density at radius 3 is 2.71 bits per heavy atom. The molecule has 1 saturated carbocycles. The van der Waals surface area contributed by atoms with Gasteiger partial charge in [0.15, 0.2) is 5.96 Å². The number of aromatic nitrogens is 1. The number of guanidine groups is 1. The molecule has 2 rings (SSSR count). The average molecular weight is 424 g/mol. The summed E-state index contributed by atoms with van der Waals surface area (Å²) in [6.07, 6.45) is 2.67. The third-order valence-electron chi connectivity index (χ3n) is 3.29. The fraction of sp³-hybridized carbons (Fsp3) is 0.714. The van der Waals surface area contributed by atoms with Crippen molar-refractivity contribution in [3.63, 3.8) is 0 Å². The number of thiazole rings is 1. The Labute approximate surface area is 148 Å². The molecule has 0 saturated heterocycles. The summed E-state index contributed by atoms with van der Waals surface area (Å²) in [5, 5.41) is 7.61. The van der Waals surface area contributed by atoms with Crippen LogP contribution in [0.5, 0.6) is 0 Å². The Balaban J connectivity index is 0.00000220. The van der Waals surface area contributed by atoms with E-state index in [1.54, 1.807) is 18.4 Å². The van der Waals surface area contributed by atoms with Crippen LogP contribution in [0.15, 0.2) is 4.99 Å². The number of nitrogens with zero attached hydrogens (tertiary/aromatic N) is 2. The lowest BCUT2D eigenvalue weighted by molar-refractivity contribution is 0.129. The second-order valence-corrected chi connectivity index (χ2v) is 6.41. The first-order valence-corrected chi connectivity index (χ1v) is 7.96. The highest BCUT2D eigenvalue weighted by atomic mass is 127. The van der Waals surface area contributed by atoms with E-state index in [1.165, 1.54) is 17.7 Å². The van der Waals surface area contributed by atoms with Crippen molar-refractivity contribution in [1.29, 1.82) is 0 Å². The highest BCUT2D eigenvalue weighted by Gasteiger charge is 2.20. The fourth-order valence-corrected chi connectivity index (χ4v) is 2.64. The van der Waals surface area contributed by atoms with Gasteiger partial charge in [-0.2, -0.15) is 0 Å². The van der Waals surface area contributed by atoms with Gasteiger partial charge in [-0.3, -0.25) is 4.99 Å². The molecule has 7 heteroatoms. The maximum atomic E-state index is 5.58. The van der Waals surface area contributed by atoms with Crippen LogP contribution in [0.3, 0.4) is 0 Å². The third-order valence-corrected chi connectivity index (χ3v) is 4.37. The van der Waals surface area contributed by atoms with Crippen molar-refractivity contribution in [3.8, 4) is 0 Å². The van der Waals surface area contributed by atoms with Gasteiger partial charge in [0, 0.05) is 25.1 Å². The number of aliphatic imine (C=N–C) groups is 1. The zero-order valence-electron chi connectivity index (χ0n) is 12.9. The molecule has 0 aliphatic heterocycles. The molecule has 1 aromatic heterocycles. The lowest BCUT2D eigenvalue weighted by Crippen LogP contribution is -2.38. The lowest BCUT2D eigenvalue weighted by atomic mass is 10.4. The quantitative estimate of drug-likeness (QED) is 0.306. The number of hydrogen-bond donors (Lipinski definition) is 2. The summed E-state index contributed by atoms with van der Waals surface area (Å²) >= 11 is 1.73. The van der Waals surface area contributed by atoms with E-state index in [9.17, 15) is 0 Å². The number of rotatable bonds is 7. The van der Waals surface area contributed by atoms with Gasteiger partial charge in [-0.1, -0.05) is 0 Å². The van der Waals surface area contributed by atoms with Crippen LogP contribution < -0.4 is 10.6 Å². The predicted octanol–water partition coefficient (Wildman–Crippen LogP) is 2.47. The topological polar surface area (TPSA) is 58.5 Å². The molecule has 0 bridgehead atoms. The normalized spacial score (nSPS) is 14.7. The minimum absolute atomic E-state index is 0. The Morgan fingerprint density at radius 1 is 1.38 bits per heavy atom. The van der Waals surface area contributed by atoms with Crippen molar-refractivity contribution in [1.82, 2.24) is 15.6 Å². The summed E-state index contributed by atoms with van der Waals surface area (Å²) in [6.45, 7) is 7.27. The molecular formula is C14H25IN4OS. The van der Waals surface area contributed by atoms with Gasteiger partial charge in [0.25, 0.3) is 0 Å². The zero-order valence-corrected chi connectivity index (χ0v) is 16.1. The molecule has 5 nitrogen and oxygen atoms in total. The molecule has 1 fully saturated rings. The van der Waals surface area contributed by atoms with E-state index < -0.39 is 0 Å². The van der Waals surface area contributed by atoms with Gasteiger partial charge in [-0.25, -0.2) is 4.98 Å². The van der Waals surface area contributed by atoms with Crippen molar-refractivity contribution < 1.29 is 4.74 Å². The van der Waals surface area contributed by atoms with E-state index in [0.29, 0.717) is 6.54 Å². The summed E-state index contributed by atoms with van der Waals surface area (Å²) in [7, 11) is 1.78. The van der Waals surface area contributed by atoms with Crippen LogP contribution in [0.4, 0.5) is 0 Å². The van der Waals surface area contributed by atoms with E-state index in [1.807, 2.05) is 6.92 Å². The standard InChI is InChI=1S/C14H24N4OS.HI/c1-10-11(2)20-13(18-10)8-17-14(15-3)16-6-7-19-9-12-4-5-12;/h12H,4-9H2,1-3H3,(H2,15,16,17);1H. The number of ether oxygens (including phenoxy) is 1. The Bertz CT molecular complexity index is 440. The first kappa shape index (κ1) is 18.6. The number of nitrogens with one attached hydrogen (secondary N) is 2. The smallest absolute Gasteiger partial charge is 0.191 e. The monoisotopic (exact) mass is 424 g/mol. The van der Waals surface area contributed by atoms with Gasteiger partial charge in [0.1, 0.15) is 5.01 Å². The van der Waals surface area contributed by atoms with Crippen molar-refractivity contribution in [2.24, 2.45) is 10.9 Å². The third kappa shape index (κ3) is 6.92. The number of hydrogen-bond acceptors (Lipinski definition) is 4. The highest BCUT2D eigenvalue weighted by Crippen LogP contribution is 2.28. The van der Waals surface area contributed by atoms with E-state index in [4.69, 9.17) is 4.74 Å². The maximum absolute atomic E-state index is 5.58. The van der Waals surface area contributed by atoms with Gasteiger partial charge in [-0.05, 0) is 32.6 Å². The second kappa shape index (κ2) is 9.58. The van der Waals surface area contributed by atoms with Crippen LogP contribution in [-0.2, 0) is 11.3 Å². The van der Waals surface area contributed by atoms with Gasteiger partial charge in [-0.15, -0.1) is 35.3 Å². The molecule has 21 heavy (non-hydrogen) atoms.